The van der Waals surface area contributed by atoms with Crippen LogP contribution in [-0.2, 0) is 0 Å². The third-order valence-electron chi connectivity index (χ3n) is 2.98. The zero-order valence-electron chi connectivity index (χ0n) is 12.3. The monoisotopic (exact) mass is 323 g/mol. The van der Waals surface area contributed by atoms with Gasteiger partial charge >= 0.3 is 0 Å². The van der Waals surface area contributed by atoms with Crippen LogP contribution >= 0.6 is 11.6 Å². The molecule has 3 nitrogen and oxygen atoms in total. The zero-order chi connectivity index (χ0) is 16.7. The van der Waals surface area contributed by atoms with Crippen molar-refractivity contribution >= 4 is 23.5 Å². The second kappa shape index (κ2) is 7.98. The van der Waals surface area contributed by atoms with Crippen LogP contribution in [0.5, 0.6) is 5.75 Å². The largest absolute Gasteiger partial charge is 0.488 e. The first kappa shape index (κ1) is 16.5. The molecule has 0 aliphatic rings. The van der Waals surface area contributed by atoms with Crippen molar-refractivity contribution in [2.75, 3.05) is 6.61 Å². The van der Waals surface area contributed by atoms with Crippen molar-refractivity contribution < 1.29 is 9.53 Å². The summed E-state index contributed by atoms with van der Waals surface area (Å²) in [5.74, 6) is 0.495. The van der Waals surface area contributed by atoms with Gasteiger partial charge in [0.05, 0.1) is 11.6 Å². The highest BCUT2D eigenvalue weighted by Crippen LogP contribution is 2.15. The second-order valence-corrected chi connectivity index (χ2v) is 5.30. The molecule has 0 atom stereocenters. The molecule has 0 bridgehead atoms. The minimum Gasteiger partial charge on any atom is -0.488 e. The van der Waals surface area contributed by atoms with Crippen LogP contribution in [0.1, 0.15) is 21.5 Å². The number of halogens is 1. The third kappa shape index (κ3) is 5.14. The normalized spacial score (nSPS) is 10.3. The Morgan fingerprint density at radius 1 is 1.26 bits per heavy atom. The summed E-state index contributed by atoms with van der Waals surface area (Å²) in [6.45, 7) is 3.76. The van der Waals surface area contributed by atoms with Gasteiger partial charge in [-0.25, -0.2) is 0 Å². The van der Waals surface area contributed by atoms with E-state index in [4.69, 9.17) is 21.6 Å². The highest BCUT2D eigenvalue weighted by Gasteiger charge is 2.03. The lowest BCUT2D eigenvalue weighted by Gasteiger charge is -2.05. The lowest BCUT2D eigenvalue weighted by molar-refractivity contribution is 0.104. The summed E-state index contributed by atoms with van der Waals surface area (Å²) < 4.78 is 5.37. The van der Waals surface area contributed by atoms with Crippen molar-refractivity contribution in [3.05, 3.63) is 82.9 Å². The van der Waals surface area contributed by atoms with Gasteiger partial charge in [-0.05, 0) is 48.0 Å². The second-order valence-electron chi connectivity index (χ2n) is 4.77. The summed E-state index contributed by atoms with van der Waals surface area (Å²) in [6, 6.07) is 15.9. The number of ether oxygens (including phenoxy) is 1. The zero-order valence-corrected chi connectivity index (χ0v) is 13.1. The predicted octanol–water partition coefficient (Wildman–Crippen LogP) is 4.59. The predicted molar refractivity (Wildman–Crippen MR) is 91.5 cm³/mol. The number of benzene rings is 2. The minimum absolute atomic E-state index is 0.124. The maximum Gasteiger partial charge on any atom is 0.185 e. The van der Waals surface area contributed by atoms with Gasteiger partial charge in [0.25, 0.3) is 0 Å². The Hall–Kier alpha value is -2.83. The molecule has 4 heteroatoms. The maximum atomic E-state index is 12.1. The van der Waals surface area contributed by atoms with Crippen molar-refractivity contribution in [3.63, 3.8) is 0 Å². The van der Waals surface area contributed by atoms with E-state index in [-0.39, 0.29) is 12.4 Å². The van der Waals surface area contributed by atoms with Crippen molar-refractivity contribution in [3.8, 4) is 11.8 Å². The van der Waals surface area contributed by atoms with Crippen LogP contribution < -0.4 is 4.74 Å². The molecule has 2 aromatic carbocycles. The number of rotatable bonds is 6. The van der Waals surface area contributed by atoms with Crippen molar-refractivity contribution in [1.29, 1.82) is 5.26 Å². The SMILES string of the molecule is C=C(Cl)COc1ccc(C(=O)/C=C/c2cccc(C#N)c2)cc1. The quantitative estimate of drug-likeness (QED) is 0.577. The number of ketones is 1. The minimum atomic E-state index is -0.124. The van der Waals surface area contributed by atoms with Gasteiger partial charge < -0.3 is 4.74 Å². The molecule has 0 amide bonds. The molecular weight excluding hydrogens is 310 g/mol. The van der Waals surface area contributed by atoms with Gasteiger partial charge in [0, 0.05) is 10.6 Å². The molecule has 0 aromatic heterocycles. The Morgan fingerprint density at radius 2 is 2.00 bits per heavy atom. The Morgan fingerprint density at radius 3 is 2.65 bits per heavy atom. The Bertz CT molecular complexity index is 786. The molecule has 2 rings (SSSR count). The molecule has 2 aromatic rings. The van der Waals surface area contributed by atoms with Crippen molar-refractivity contribution in [2.45, 2.75) is 0 Å². The van der Waals surface area contributed by atoms with E-state index in [0.717, 1.165) is 5.56 Å². The smallest absolute Gasteiger partial charge is 0.185 e. The Labute approximate surface area is 140 Å². The number of carbonyl (C=O) groups excluding carboxylic acids is 1. The van der Waals surface area contributed by atoms with E-state index >= 15 is 0 Å². The molecule has 0 saturated heterocycles. The number of hydrogen-bond donors (Lipinski definition) is 0. The fraction of sp³-hybridized carbons (Fsp3) is 0.0526. The highest BCUT2D eigenvalue weighted by atomic mass is 35.5. The molecule has 0 N–H and O–H groups in total. The molecule has 0 saturated carbocycles. The summed E-state index contributed by atoms with van der Waals surface area (Å²) in [6.07, 6.45) is 3.16. The standard InChI is InChI=1S/C19H14ClNO2/c1-14(20)13-23-18-8-6-17(7-9-18)19(22)10-5-15-3-2-4-16(11-15)12-21/h2-11H,1,13H2/b10-5+. The third-order valence-corrected chi connectivity index (χ3v) is 3.09. The van der Waals surface area contributed by atoms with Crippen LogP contribution in [0.2, 0.25) is 0 Å². The van der Waals surface area contributed by atoms with Gasteiger partial charge in [-0.2, -0.15) is 5.26 Å². The molecule has 0 aliphatic heterocycles. The summed E-state index contributed by atoms with van der Waals surface area (Å²) in [5.41, 5.74) is 1.91. The van der Waals surface area contributed by atoms with Crippen LogP contribution in [0, 0.1) is 11.3 Å². The molecular formula is C19H14ClNO2. The highest BCUT2D eigenvalue weighted by molar-refractivity contribution is 6.29. The first-order valence-electron chi connectivity index (χ1n) is 6.87. The van der Waals surface area contributed by atoms with Crippen molar-refractivity contribution in [1.82, 2.24) is 0 Å². The number of allylic oxidation sites excluding steroid dienone is 1. The molecule has 0 heterocycles. The fourth-order valence-electron chi connectivity index (χ4n) is 1.86. The van der Waals surface area contributed by atoms with E-state index < -0.39 is 0 Å². The number of nitrogens with zero attached hydrogens (tertiary/aromatic N) is 1. The van der Waals surface area contributed by atoms with Gasteiger partial charge in [0.1, 0.15) is 12.4 Å². The van der Waals surface area contributed by atoms with Crippen molar-refractivity contribution in [2.24, 2.45) is 0 Å². The van der Waals surface area contributed by atoms with Gasteiger partial charge in [0.15, 0.2) is 5.78 Å². The molecule has 0 aliphatic carbocycles. The lowest BCUT2D eigenvalue weighted by atomic mass is 10.1. The summed E-state index contributed by atoms with van der Waals surface area (Å²) in [5, 5.41) is 9.26. The first-order chi connectivity index (χ1) is 11.1. The van der Waals surface area contributed by atoms with E-state index in [2.05, 4.69) is 12.6 Å². The summed E-state index contributed by atoms with van der Waals surface area (Å²) in [7, 11) is 0. The Balaban J connectivity index is 2.04. The summed E-state index contributed by atoms with van der Waals surface area (Å²) in [4.78, 5) is 12.1. The topological polar surface area (TPSA) is 50.1 Å². The van der Waals surface area contributed by atoms with Gasteiger partial charge in [-0.3, -0.25) is 4.79 Å². The lowest BCUT2D eigenvalue weighted by Crippen LogP contribution is -1.98. The molecule has 0 radical (unpaired) electrons. The molecule has 0 fully saturated rings. The van der Waals surface area contributed by atoms with Crippen LogP contribution in [0.15, 0.2) is 66.2 Å². The Kier molecular flexibility index (Phi) is 5.74. The van der Waals surface area contributed by atoms with E-state index in [1.54, 1.807) is 48.5 Å². The molecule has 114 valence electrons. The molecule has 23 heavy (non-hydrogen) atoms. The van der Waals surface area contributed by atoms with Crippen LogP contribution in [-0.4, -0.2) is 12.4 Å². The average Bonchev–Trinajstić information content (AvgIpc) is 2.58. The van der Waals surface area contributed by atoms with Gasteiger partial charge in [-0.15, -0.1) is 0 Å². The van der Waals surface area contributed by atoms with E-state index in [1.165, 1.54) is 6.08 Å². The molecule has 0 unspecified atom stereocenters. The van der Waals surface area contributed by atoms with Gasteiger partial charge in [-0.1, -0.05) is 36.4 Å². The number of hydrogen-bond acceptors (Lipinski definition) is 3. The first-order valence-corrected chi connectivity index (χ1v) is 7.25. The average molecular weight is 324 g/mol. The summed E-state index contributed by atoms with van der Waals surface area (Å²) >= 11 is 5.63. The van der Waals surface area contributed by atoms with E-state index in [1.807, 2.05) is 6.07 Å². The van der Waals surface area contributed by atoms with E-state index in [0.29, 0.717) is 21.9 Å². The molecule has 0 spiro atoms. The van der Waals surface area contributed by atoms with Crippen LogP contribution in [0.25, 0.3) is 6.08 Å². The van der Waals surface area contributed by atoms with Gasteiger partial charge in [0.2, 0.25) is 0 Å². The fourth-order valence-corrected chi connectivity index (χ4v) is 1.91. The number of nitriles is 1. The number of carbonyl (C=O) groups is 1. The van der Waals surface area contributed by atoms with E-state index in [9.17, 15) is 4.79 Å². The maximum absolute atomic E-state index is 12.1. The van der Waals surface area contributed by atoms with Crippen LogP contribution in [0.4, 0.5) is 0 Å². The van der Waals surface area contributed by atoms with Crippen LogP contribution in [0.3, 0.4) is 0 Å².